The number of nitrogens with zero attached hydrogens (tertiary/aromatic N) is 5. The molecule has 1 atom stereocenters. The Hall–Kier alpha value is -2.75. The van der Waals surface area contributed by atoms with Gasteiger partial charge in [-0.1, -0.05) is 11.3 Å². The summed E-state index contributed by atoms with van der Waals surface area (Å²) in [5.74, 6) is 0.281. The van der Waals surface area contributed by atoms with Crippen LogP contribution in [0.3, 0.4) is 0 Å². The van der Waals surface area contributed by atoms with Crippen LogP contribution in [0.1, 0.15) is 38.1 Å². The standard InChI is InChI=1S/C19H23F2N7O2S2.CH2O2/c1-11-8-22-5-6-27(11)13-7-12(32(29,30)26-19(2)3-4-19)10-28-14(13)9-23-16(28)18-25-24-17(31-18)15(20)21;2-1-3/h7,9-11,15,22,26H,3-6,8H2,1-2H3;1H,(H,2,3)/t11-;/m0./s1. The predicted octanol–water partition coefficient (Wildman–Crippen LogP) is 2.12. The lowest BCUT2D eigenvalue weighted by Gasteiger charge is -2.36. The zero-order valence-electron chi connectivity index (χ0n) is 19.0. The fourth-order valence-electron chi connectivity index (χ4n) is 3.87. The van der Waals surface area contributed by atoms with Gasteiger partial charge in [-0.2, -0.15) is 0 Å². The summed E-state index contributed by atoms with van der Waals surface area (Å²) in [6, 6.07) is 1.80. The molecule has 2 fully saturated rings. The predicted molar refractivity (Wildman–Crippen MR) is 125 cm³/mol. The minimum Gasteiger partial charge on any atom is -0.483 e. The number of hydrogen-bond acceptors (Lipinski definition) is 9. The molecule has 35 heavy (non-hydrogen) atoms. The summed E-state index contributed by atoms with van der Waals surface area (Å²) < 4.78 is 56.9. The summed E-state index contributed by atoms with van der Waals surface area (Å²) in [5.41, 5.74) is 0.971. The monoisotopic (exact) mass is 529 g/mol. The summed E-state index contributed by atoms with van der Waals surface area (Å²) in [7, 11) is -3.80. The Bertz CT molecular complexity index is 1320. The van der Waals surface area contributed by atoms with Crippen molar-refractivity contribution in [1.29, 1.82) is 0 Å². The highest BCUT2D eigenvalue weighted by atomic mass is 32.2. The summed E-state index contributed by atoms with van der Waals surface area (Å²) in [4.78, 5) is 15.0. The van der Waals surface area contributed by atoms with Gasteiger partial charge >= 0.3 is 0 Å². The Morgan fingerprint density at radius 3 is 2.69 bits per heavy atom. The van der Waals surface area contributed by atoms with E-state index in [1.165, 1.54) is 6.20 Å². The highest BCUT2D eigenvalue weighted by molar-refractivity contribution is 7.89. The van der Waals surface area contributed by atoms with Crippen molar-refractivity contribution >= 4 is 39.0 Å². The molecule has 1 aliphatic heterocycles. The first-order valence-corrected chi connectivity index (χ1v) is 13.1. The number of sulfonamides is 1. The fraction of sp³-hybridized carbons (Fsp3) is 0.500. The molecule has 0 spiro atoms. The van der Waals surface area contributed by atoms with E-state index < -0.39 is 27.0 Å². The van der Waals surface area contributed by atoms with Crippen LogP contribution < -0.4 is 14.9 Å². The summed E-state index contributed by atoms with van der Waals surface area (Å²) >= 11 is 0.745. The van der Waals surface area contributed by atoms with Crippen molar-refractivity contribution in [2.75, 3.05) is 24.5 Å². The van der Waals surface area contributed by atoms with Gasteiger partial charge in [-0.3, -0.25) is 9.20 Å². The van der Waals surface area contributed by atoms with E-state index in [4.69, 9.17) is 9.90 Å². The largest absolute Gasteiger partial charge is 0.483 e. The molecule has 15 heteroatoms. The first-order chi connectivity index (χ1) is 16.6. The smallest absolute Gasteiger partial charge is 0.291 e. The lowest BCUT2D eigenvalue weighted by atomic mass is 10.2. The Balaban J connectivity index is 0.000000917. The van der Waals surface area contributed by atoms with Gasteiger partial charge in [-0.15, -0.1) is 10.2 Å². The van der Waals surface area contributed by atoms with Crippen molar-refractivity contribution in [3.8, 4) is 10.8 Å². The fourth-order valence-corrected chi connectivity index (χ4v) is 6.05. The van der Waals surface area contributed by atoms with Gasteiger partial charge < -0.3 is 15.3 Å². The molecular formula is C20H25F2N7O4S2. The van der Waals surface area contributed by atoms with E-state index in [-0.39, 0.29) is 28.2 Å². The molecule has 3 aromatic rings. The highest BCUT2D eigenvalue weighted by Gasteiger charge is 2.41. The number of carbonyl (C=O) groups is 1. The van der Waals surface area contributed by atoms with Crippen LogP contribution in [0.4, 0.5) is 14.5 Å². The average Bonchev–Trinajstić information content (AvgIpc) is 3.18. The van der Waals surface area contributed by atoms with E-state index in [1.54, 1.807) is 16.7 Å². The summed E-state index contributed by atoms with van der Waals surface area (Å²) in [6.07, 6.45) is 1.94. The topological polar surface area (TPSA) is 142 Å². The van der Waals surface area contributed by atoms with E-state index in [2.05, 4.69) is 37.0 Å². The number of anilines is 1. The number of nitrogens with one attached hydrogen (secondary N) is 2. The van der Waals surface area contributed by atoms with Crippen LogP contribution in [0, 0.1) is 0 Å². The second-order valence-electron chi connectivity index (χ2n) is 8.66. The van der Waals surface area contributed by atoms with Crippen molar-refractivity contribution < 1.29 is 27.1 Å². The molecule has 0 amide bonds. The maximum Gasteiger partial charge on any atom is 0.291 e. The van der Waals surface area contributed by atoms with E-state index in [1.807, 2.05) is 6.92 Å². The van der Waals surface area contributed by atoms with Gasteiger partial charge in [0.15, 0.2) is 15.8 Å². The molecule has 5 rings (SSSR count). The molecule has 3 aromatic heterocycles. The van der Waals surface area contributed by atoms with Crippen molar-refractivity contribution in [1.82, 2.24) is 29.6 Å². The maximum absolute atomic E-state index is 13.2. The lowest BCUT2D eigenvalue weighted by Crippen LogP contribution is -2.50. The number of piperazine rings is 1. The molecule has 190 valence electrons. The second kappa shape index (κ2) is 9.72. The zero-order chi connectivity index (χ0) is 25.4. The van der Waals surface area contributed by atoms with E-state index >= 15 is 0 Å². The summed E-state index contributed by atoms with van der Waals surface area (Å²) in [5, 5.41) is 17.4. The minimum absolute atomic E-state index is 0.0942. The molecule has 1 saturated heterocycles. The molecule has 0 aromatic carbocycles. The Morgan fingerprint density at radius 1 is 1.37 bits per heavy atom. The number of fused-ring (bicyclic) bond motifs is 1. The summed E-state index contributed by atoms with van der Waals surface area (Å²) in [6.45, 7) is 5.90. The SMILES string of the molecule is C[C@H]1CNCCN1c1cc(S(=O)(=O)NC2(C)CC2)cn2c(-c3nnc(C(F)F)s3)ncc12.O=CO. The van der Waals surface area contributed by atoms with Crippen LogP contribution in [-0.2, 0) is 14.8 Å². The van der Waals surface area contributed by atoms with E-state index in [0.717, 1.165) is 43.0 Å². The number of pyridine rings is 1. The van der Waals surface area contributed by atoms with Gasteiger partial charge in [-0.05, 0) is 32.8 Å². The van der Waals surface area contributed by atoms with Gasteiger partial charge in [-0.25, -0.2) is 26.9 Å². The first-order valence-electron chi connectivity index (χ1n) is 10.8. The molecule has 1 aliphatic carbocycles. The quantitative estimate of drug-likeness (QED) is 0.409. The van der Waals surface area contributed by atoms with Gasteiger partial charge in [0.2, 0.25) is 10.0 Å². The molecule has 0 radical (unpaired) electrons. The normalized spacial score (nSPS) is 19.5. The average molecular weight is 530 g/mol. The molecule has 1 saturated carbocycles. The van der Waals surface area contributed by atoms with Crippen molar-refractivity contribution in [2.45, 2.75) is 49.6 Å². The minimum atomic E-state index is -3.80. The van der Waals surface area contributed by atoms with Gasteiger partial charge in [0.1, 0.15) is 4.90 Å². The third-order valence-corrected chi connectivity index (χ3v) is 8.45. The van der Waals surface area contributed by atoms with Gasteiger partial charge in [0.05, 0.1) is 17.4 Å². The van der Waals surface area contributed by atoms with Gasteiger partial charge in [0, 0.05) is 37.4 Å². The zero-order valence-corrected chi connectivity index (χ0v) is 20.6. The van der Waals surface area contributed by atoms with Crippen molar-refractivity contribution in [3.05, 3.63) is 23.5 Å². The number of hydrogen-bond donors (Lipinski definition) is 3. The van der Waals surface area contributed by atoms with E-state index in [9.17, 15) is 17.2 Å². The van der Waals surface area contributed by atoms with Crippen LogP contribution in [0.15, 0.2) is 23.4 Å². The van der Waals surface area contributed by atoms with E-state index in [0.29, 0.717) is 12.1 Å². The maximum atomic E-state index is 13.2. The third kappa shape index (κ3) is 5.27. The number of aromatic nitrogens is 4. The number of carboxylic acid groups (broad SMARTS) is 1. The number of halogens is 2. The Labute approximate surface area is 204 Å². The second-order valence-corrected chi connectivity index (χ2v) is 11.4. The molecule has 11 nitrogen and oxygen atoms in total. The molecule has 4 heterocycles. The van der Waals surface area contributed by atoms with Crippen LogP contribution in [0.2, 0.25) is 0 Å². The van der Waals surface area contributed by atoms with Crippen LogP contribution >= 0.6 is 11.3 Å². The van der Waals surface area contributed by atoms with Crippen molar-refractivity contribution in [2.24, 2.45) is 0 Å². The molecule has 0 bridgehead atoms. The van der Waals surface area contributed by atoms with Crippen LogP contribution in [-0.4, -0.2) is 70.8 Å². The highest BCUT2D eigenvalue weighted by Crippen LogP contribution is 2.37. The number of imidazole rings is 1. The molecule has 3 N–H and O–H groups in total. The Kier molecular flexibility index (Phi) is 7.04. The first kappa shape index (κ1) is 25.3. The molecule has 0 unspecified atom stereocenters. The van der Waals surface area contributed by atoms with Crippen LogP contribution in [0.5, 0.6) is 0 Å². The van der Waals surface area contributed by atoms with Crippen molar-refractivity contribution in [3.63, 3.8) is 0 Å². The van der Waals surface area contributed by atoms with Crippen LogP contribution in [0.25, 0.3) is 16.3 Å². The number of alkyl halides is 2. The molecular weight excluding hydrogens is 504 g/mol. The van der Waals surface area contributed by atoms with Gasteiger partial charge in [0.25, 0.3) is 12.9 Å². The Morgan fingerprint density at radius 2 is 2.09 bits per heavy atom. The number of rotatable bonds is 6. The third-order valence-electron chi connectivity index (χ3n) is 5.91. The lowest BCUT2D eigenvalue weighted by molar-refractivity contribution is -0.122. The molecule has 2 aliphatic rings.